The van der Waals surface area contributed by atoms with Crippen LogP contribution >= 0.6 is 0 Å². The fraction of sp³-hybridized carbons (Fsp3) is 0.222. The van der Waals surface area contributed by atoms with E-state index < -0.39 is 8.32 Å². The Labute approximate surface area is 123 Å². The Morgan fingerprint density at radius 2 is 1.25 bits per heavy atom. The van der Waals surface area contributed by atoms with Crippen LogP contribution in [0.3, 0.4) is 0 Å². The van der Waals surface area contributed by atoms with E-state index >= 15 is 0 Å². The van der Waals surface area contributed by atoms with Crippen LogP contribution in [-0.4, -0.2) is 13.9 Å². The summed E-state index contributed by atoms with van der Waals surface area (Å²) in [5.41, 5.74) is 1.81. The van der Waals surface area contributed by atoms with Crippen LogP contribution in [0, 0.1) is 0 Å². The summed E-state index contributed by atoms with van der Waals surface area (Å²) in [6.07, 6.45) is 0. The van der Waals surface area contributed by atoms with Crippen molar-refractivity contribution in [1.82, 2.24) is 0 Å². The van der Waals surface area contributed by atoms with Gasteiger partial charge in [-0.15, -0.1) is 6.58 Å². The van der Waals surface area contributed by atoms with Gasteiger partial charge in [-0.1, -0.05) is 66.4 Å². The normalized spacial score (nSPS) is 12.2. The summed E-state index contributed by atoms with van der Waals surface area (Å²) in [4.78, 5) is 0. The van der Waals surface area contributed by atoms with Gasteiger partial charge in [-0.25, -0.2) is 0 Å². The Kier molecular flexibility index (Phi) is 4.26. The molecule has 0 bridgehead atoms. The average molecular weight is 282 g/mol. The summed E-state index contributed by atoms with van der Waals surface area (Å²) in [5, 5.41) is 2.47. The highest BCUT2D eigenvalue weighted by Crippen LogP contribution is 2.18. The predicted octanol–water partition coefficient (Wildman–Crippen LogP) is 3.29. The summed E-state index contributed by atoms with van der Waals surface area (Å²) < 4.78 is 6.57. The maximum Gasteiger partial charge on any atom is 0.280 e. The SMILES string of the molecule is C=C[Si](OC(C)(C)C)(c1ccccc1)c1ccccc1. The number of hydrogen-bond acceptors (Lipinski definition) is 1. The van der Waals surface area contributed by atoms with Gasteiger partial charge in [0, 0.05) is 5.60 Å². The van der Waals surface area contributed by atoms with E-state index in [4.69, 9.17) is 4.43 Å². The molecule has 0 heterocycles. The molecule has 104 valence electrons. The van der Waals surface area contributed by atoms with Crippen molar-refractivity contribution in [3.05, 3.63) is 72.9 Å². The molecule has 2 rings (SSSR count). The molecule has 0 unspecified atom stereocenters. The lowest BCUT2D eigenvalue weighted by Gasteiger charge is -2.36. The van der Waals surface area contributed by atoms with E-state index in [0.717, 1.165) is 0 Å². The first kappa shape index (κ1) is 14.8. The quantitative estimate of drug-likeness (QED) is 0.782. The van der Waals surface area contributed by atoms with Crippen LogP contribution in [-0.2, 0) is 4.43 Å². The van der Waals surface area contributed by atoms with Crippen molar-refractivity contribution in [2.45, 2.75) is 26.4 Å². The van der Waals surface area contributed by atoms with E-state index in [1.807, 2.05) is 17.8 Å². The van der Waals surface area contributed by atoms with E-state index in [2.05, 4.69) is 75.9 Å². The zero-order chi connectivity index (χ0) is 14.6. The van der Waals surface area contributed by atoms with Crippen LogP contribution in [0.25, 0.3) is 0 Å². The molecule has 0 fully saturated rings. The summed E-state index contributed by atoms with van der Waals surface area (Å²) in [6, 6.07) is 20.9. The Morgan fingerprint density at radius 3 is 1.55 bits per heavy atom. The van der Waals surface area contributed by atoms with Gasteiger partial charge in [0.05, 0.1) is 0 Å². The van der Waals surface area contributed by atoms with Gasteiger partial charge in [0.15, 0.2) is 0 Å². The van der Waals surface area contributed by atoms with E-state index in [0.29, 0.717) is 0 Å². The van der Waals surface area contributed by atoms with Gasteiger partial charge in [-0.05, 0) is 31.1 Å². The predicted molar refractivity (Wildman–Crippen MR) is 88.9 cm³/mol. The lowest BCUT2D eigenvalue weighted by molar-refractivity contribution is 0.129. The molecule has 2 aromatic rings. The summed E-state index contributed by atoms with van der Waals surface area (Å²) >= 11 is 0. The van der Waals surface area contributed by atoms with E-state index in [-0.39, 0.29) is 5.60 Å². The van der Waals surface area contributed by atoms with Gasteiger partial charge < -0.3 is 4.43 Å². The van der Waals surface area contributed by atoms with Crippen molar-refractivity contribution in [3.63, 3.8) is 0 Å². The van der Waals surface area contributed by atoms with Crippen LogP contribution in [0.1, 0.15) is 20.8 Å². The van der Waals surface area contributed by atoms with Gasteiger partial charge in [0.1, 0.15) is 0 Å². The molecule has 0 N–H and O–H groups in total. The minimum atomic E-state index is -2.39. The van der Waals surface area contributed by atoms with Crippen LogP contribution in [0.15, 0.2) is 72.9 Å². The zero-order valence-electron chi connectivity index (χ0n) is 12.5. The molecule has 2 heteroatoms. The van der Waals surface area contributed by atoms with Gasteiger partial charge >= 0.3 is 0 Å². The molecule has 0 amide bonds. The molecule has 0 spiro atoms. The number of rotatable bonds is 4. The lowest BCUT2D eigenvalue weighted by atomic mass is 10.2. The van der Waals surface area contributed by atoms with Crippen molar-refractivity contribution >= 4 is 18.7 Å². The van der Waals surface area contributed by atoms with Gasteiger partial charge in [-0.2, -0.15) is 0 Å². The molecule has 0 aliphatic carbocycles. The minimum Gasteiger partial charge on any atom is -0.400 e. The Hall–Kier alpha value is -1.64. The summed E-state index contributed by atoms with van der Waals surface area (Å²) in [5.74, 6) is 0. The molecular weight excluding hydrogens is 260 g/mol. The second kappa shape index (κ2) is 5.78. The second-order valence-electron chi connectivity index (χ2n) is 5.89. The zero-order valence-corrected chi connectivity index (χ0v) is 13.5. The van der Waals surface area contributed by atoms with Crippen molar-refractivity contribution in [1.29, 1.82) is 0 Å². The first-order chi connectivity index (χ1) is 9.48. The molecule has 0 aromatic heterocycles. The van der Waals surface area contributed by atoms with Crippen LogP contribution < -0.4 is 10.4 Å². The van der Waals surface area contributed by atoms with Gasteiger partial charge in [-0.3, -0.25) is 0 Å². The van der Waals surface area contributed by atoms with Crippen molar-refractivity contribution < 1.29 is 4.43 Å². The Bertz CT molecular complexity index is 515. The molecule has 0 radical (unpaired) electrons. The third kappa shape index (κ3) is 3.09. The van der Waals surface area contributed by atoms with Crippen LogP contribution in [0.4, 0.5) is 0 Å². The molecule has 0 atom stereocenters. The van der Waals surface area contributed by atoms with E-state index in [9.17, 15) is 0 Å². The van der Waals surface area contributed by atoms with Crippen LogP contribution in [0.5, 0.6) is 0 Å². The van der Waals surface area contributed by atoms with Crippen molar-refractivity contribution in [2.75, 3.05) is 0 Å². The molecule has 0 saturated carbocycles. The third-order valence-electron chi connectivity index (χ3n) is 3.16. The summed E-state index contributed by atoms with van der Waals surface area (Å²) in [7, 11) is -2.39. The lowest BCUT2D eigenvalue weighted by Crippen LogP contribution is -2.62. The molecule has 0 saturated heterocycles. The third-order valence-corrected chi connectivity index (χ3v) is 7.05. The highest BCUT2D eigenvalue weighted by Gasteiger charge is 2.39. The maximum absolute atomic E-state index is 6.57. The minimum absolute atomic E-state index is 0.216. The van der Waals surface area contributed by atoms with Gasteiger partial charge in [0.25, 0.3) is 8.32 Å². The topological polar surface area (TPSA) is 9.23 Å². The molecule has 0 aliphatic rings. The van der Waals surface area contributed by atoms with E-state index in [1.54, 1.807) is 0 Å². The standard InChI is InChI=1S/C18H22OSi/c1-5-20(19-18(2,3)4,16-12-8-6-9-13-16)17-14-10-7-11-15-17/h5-15H,1H2,2-4H3. The average Bonchev–Trinajstić information content (AvgIpc) is 2.46. The number of hydrogen-bond donors (Lipinski definition) is 0. The molecule has 20 heavy (non-hydrogen) atoms. The molecule has 2 aromatic carbocycles. The smallest absolute Gasteiger partial charge is 0.280 e. The Balaban J connectivity index is 2.61. The largest absolute Gasteiger partial charge is 0.400 e. The Morgan fingerprint density at radius 1 is 0.850 bits per heavy atom. The number of benzene rings is 2. The fourth-order valence-electron chi connectivity index (χ4n) is 2.42. The van der Waals surface area contributed by atoms with Crippen LogP contribution in [0.2, 0.25) is 0 Å². The first-order valence-electron chi connectivity index (χ1n) is 6.93. The van der Waals surface area contributed by atoms with Gasteiger partial charge in [0.2, 0.25) is 0 Å². The molecular formula is C18H22OSi. The van der Waals surface area contributed by atoms with Crippen molar-refractivity contribution in [2.24, 2.45) is 0 Å². The van der Waals surface area contributed by atoms with Crippen molar-refractivity contribution in [3.8, 4) is 0 Å². The fourth-order valence-corrected chi connectivity index (χ4v) is 5.88. The molecule has 0 aliphatic heterocycles. The molecule has 1 nitrogen and oxygen atoms in total. The monoisotopic (exact) mass is 282 g/mol. The first-order valence-corrected chi connectivity index (χ1v) is 8.91. The summed E-state index contributed by atoms with van der Waals surface area (Å²) in [6.45, 7) is 10.4. The highest BCUT2D eigenvalue weighted by atomic mass is 28.4. The van der Waals surface area contributed by atoms with E-state index in [1.165, 1.54) is 10.4 Å². The second-order valence-corrected chi connectivity index (χ2v) is 9.12. The maximum atomic E-state index is 6.57. The highest BCUT2D eigenvalue weighted by molar-refractivity contribution is 7.01.